The lowest BCUT2D eigenvalue weighted by Gasteiger charge is -2.24. The van der Waals surface area contributed by atoms with Gasteiger partial charge >= 0.3 is 5.97 Å². The molecule has 3 heteroatoms. The monoisotopic (exact) mass is 153 g/mol. The molecule has 0 aromatic carbocycles. The normalized spacial score (nSPS) is 29.1. The quantitative estimate of drug-likeness (QED) is 0.593. The first kappa shape index (κ1) is 7.85. The molecule has 1 rings (SSSR count). The highest BCUT2D eigenvalue weighted by Gasteiger charge is 2.33. The molecule has 1 aliphatic rings. The van der Waals surface area contributed by atoms with Crippen molar-refractivity contribution in [3.8, 4) is 0 Å². The van der Waals surface area contributed by atoms with Crippen LogP contribution in [0.5, 0.6) is 0 Å². The Morgan fingerprint density at radius 3 is 2.73 bits per heavy atom. The molecule has 11 heavy (non-hydrogen) atoms. The summed E-state index contributed by atoms with van der Waals surface area (Å²) in [6.07, 6.45) is 4.99. The van der Waals surface area contributed by atoms with Crippen molar-refractivity contribution < 1.29 is 9.90 Å². The Balaban J connectivity index is 3.00. The molecule has 0 fully saturated rings. The summed E-state index contributed by atoms with van der Waals surface area (Å²) in [6, 6.07) is 0. The van der Waals surface area contributed by atoms with Crippen molar-refractivity contribution in [2.24, 2.45) is 5.41 Å². The third-order valence-electron chi connectivity index (χ3n) is 2.08. The van der Waals surface area contributed by atoms with Crippen LogP contribution in [0.25, 0.3) is 0 Å². The molecule has 0 saturated heterocycles. The Hall–Kier alpha value is -1.25. The maximum absolute atomic E-state index is 10.8. The minimum atomic E-state index is -0.828. The van der Waals surface area contributed by atoms with Crippen LogP contribution in [-0.4, -0.2) is 11.1 Å². The molecule has 3 nitrogen and oxygen atoms in total. The van der Waals surface area contributed by atoms with Crippen molar-refractivity contribution in [3.63, 3.8) is 0 Å². The number of dihydropyridines is 1. The van der Waals surface area contributed by atoms with Gasteiger partial charge in [0.15, 0.2) is 0 Å². The molecule has 0 aromatic heterocycles. The number of aliphatic carboxylic acids is 1. The summed E-state index contributed by atoms with van der Waals surface area (Å²) in [6.45, 7) is 3.48. The van der Waals surface area contributed by atoms with Gasteiger partial charge in [0.1, 0.15) is 5.41 Å². The maximum atomic E-state index is 10.8. The molecular weight excluding hydrogens is 142 g/mol. The van der Waals surface area contributed by atoms with Crippen LogP contribution in [0, 0.1) is 5.41 Å². The van der Waals surface area contributed by atoms with Gasteiger partial charge in [-0.15, -0.1) is 0 Å². The third-order valence-corrected chi connectivity index (χ3v) is 2.08. The largest absolute Gasteiger partial charge is 0.480 e. The molecule has 1 unspecified atom stereocenters. The molecule has 0 spiro atoms. The fourth-order valence-electron chi connectivity index (χ4n) is 0.909. The van der Waals surface area contributed by atoms with E-state index < -0.39 is 11.4 Å². The predicted molar refractivity (Wildman–Crippen MR) is 41.8 cm³/mol. The molecule has 0 saturated carbocycles. The van der Waals surface area contributed by atoms with Gasteiger partial charge in [0.2, 0.25) is 0 Å². The average molecular weight is 153 g/mol. The number of hydrogen-bond donors (Lipinski definition) is 2. The first-order chi connectivity index (χ1) is 5.07. The lowest BCUT2D eigenvalue weighted by atomic mass is 9.82. The van der Waals surface area contributed by atoms with Crippen molar-refractivity contribution in [1.29, 1.82) is 0 Å². The summed E-state index contributed by atoms with van der Waals surface area (Å²) < 4.78 is 0. The molecule has 1 aliphatic heterocycles. The van der Waals surface area contributed by atoms with Gasteiger partial charge < -0.3 is 10.4 Å². The summed E-state index contributed by atoms with van der Waals surface area (Å²) in [5, 5.41) is 11.7. The van der Waals surface area contributed by atoms with E-state index in [4.69, 9.17) is 5.11 Å². The van der Waals surface area contributed by atoms with E-state index in [1.54, 1.807) is 32.3 Å². The number of rotatable bonds is 1. The zero-order valence-corrected chi connectivity index (χ0v) is 6.59. The van der Waals surface area contributed by atoms with Crippen LogP contribution in [0.1, 0.15) is 13.8 Å². The van der Waals surface area contributed by atoms with E-state index in [-0.39, 0.29) is 0 Å². The fourth-order valence-corrected chi connectivity index (χ4v) is 0.909. The molecule has 0 radical (unpaired) electrons. The van der Waals surface area contributed by atoms with Crippen LogP contribution < -0.4 is 5.32 Å². The first-order valence-electron chi connectivity index (χ1n) is 3.42. The van der Waals surface area contributed by atoms with E-state index in [0.717, 1.165) is 5.57 Å². The Morgan fingerprint density at radius 1 is 1.73 bits per heavy atom. The first-order valence-corrected chi connectivity index (χ1v) is 3.42. The van der Waals surface area contributed by atoms with Crippen molar-refractivity contribution in [2.75, 3.05) is 0 Å². The summed E-state index contributed by atoms with van der Waals surface area (Å²) >= 11 is 0. The minimum Gasteiger partial charge on any atom is -0.480 e. The van der Waals surface area contributed by atoms with Crippen LogP contribution in [0.2, 0.25) is 0 Å². The molecule has 0 aromatic rings. The van der Waals surface area contributed by atoms with E-state index >= 15 is 0 Å². The molecule has 60 valence electrons. The van der Waals surface area contributed by atoms with Gasteiger partial charge in [-0.1, -0.05) is 0 Å². The van der Waals surface area contributed by atoms with Gasteiger partial charge in [-0.05, 0) is 31.7 Å². The second-order valence-electron chi connectivity index (χ2n) is 2.83. The molecule has 2 N–H and O–H groups in total. The number of hydrogen-bond acceptors (Lipinski definition) is 2. The van der Waals surface area contributed by atoms with Crippen LogP contribution in [0.15, 0.2) is 24.0 Å². The van der Waals surface area contributed by atoms with Crippen molar-refractivity contribution in [2.45, 2.75) is 13.8 Å². The standard InChI is InChI=1S/C8H11NO2/c1-6-5-9-4-3-8(6,2)7(10)11/h3-5,9H,1-2H3,(H,10,11). The maximum Gasteiger partial charge on any atom is 0.317 e. The van der Waals surface area contributed by atoms with Crippen molar-refractivity contribution in [3.05, 3.63) is 24.0 Å². The lowest BCUT2D eigenvalue weighted by molar-refractivity contribution is -0.143. The zero-order valence-electron chi connectivity index (χ0n) is 6.59. The van der Waals surface area contributed by atoms with Crippen LogP contribution >= 0.6 is 0 Å². The van der Waals surface area contributed by atoms with E-state index in [9.17, 15) is 4.79 Å². The van der Waals surface area contributed by atoms with E-state index in [1.807, 2.05) is 0 Å². The predicted octanol–water partition coefficient (Wildman–Crippen LogP) is 1.10. The van der Waals surface area contributed by atoms with Gasteiger partial charge in [-0.3, -0.25) is 4.79 Å². The van der Waals surface area contributed by atoms with Crippen LogP contribution in [0.3, 0.4) is 0 Å². The smallest absolute Gasteiger partial charge is 0.317 e. The van der Waals surface area contributed by atoms with Gasteiger partial charge in [-0.25, -0.2) is 0 Å². The van der Waals surface area contributed by atoms with Gasteiger partial charge in [0.25, 0.3) is 0 Å². The third kappa shape index (κ3) is 1.13. The highest BCUT2D eigenvalue weighted by Crippen LogP contribution is 2.29. The van der Waals surface area contributed by atoms with E-state index in [0.29, 0.717) is 0 Å². The van der Waals surface area contributed by atoms with Gasteiger partial charge in [0.05, 0.1) is 0 Å². The van der Waals surface area contributed by atoms with Gasteiger partial charge in [0, 0.05) is 6.20 Å². The number of carbonyl (C=O) groups is 1. The number of carboxylic acids is 1. The summed E-state index contributed by atoms with van der Waals surface area (Å²) in [5.74, 6) is -0.816. The minimum absolute atomic E-state index is 0.813. The highest BCUT2D eigenvalue weighted by molar-refractivity contribution is 5.80. The van der Waals surface area contributed by atoms with E-state index in [2.05, 4.69) is 5.32 Å². The van der Waals surface area contributed by atoms with E-state index in [1.165, 1.54) is 0 Å². The Bertz CT molecular complexity index is 242. The fraction of sp³-hybridized carbons (Fsp3) is 0.375. The Morgan fingerprint density at radius 2 is 2.36 bits per heavy atom. The SMILES string of the molecule is CC1=CNC=CC1(C)C(=O)O. The van der Waals surface area contributed by atoms with Gasteiger partial charge in [-0.2, -0.15) is 0 Å². The van der Waals surface area contributed by atoms with Crippen LogP contribution in [0.4, 0.5) is 0 Å². The zero-order chi connectivity index (χ0) is 8.48. The number of nitrogens with one attached hydrogen (secondary N) is 1. The van der Waals surface area contributed by atoms with Crippen molar-refractivity contribution in [1.82, 2.24) is 5.32 Å². The summed E-state index contributed by atoms with van der Waals surface area (Å²) in [5.41, 5.74) is -0.0156. The molecule has 0 bridgehead atoms. The molecule has 0 aliphatic carbocycles. The summed E-state index contributed by atoms with van der Waals surface area (Å²) in [7, 11) is 0. The lowest BCUT2D eigenvalue weighted by Crippen LogP contribution is -2.29. The Kier molecular flexibility index (Phi) is 1.72. The van der Waals surface area contributed by atoms with Crippen LogP contribution in [-0.2, 0) is 4.79 Å². The average Bonchev–Trinajstić information content (AvgIpc) is 1.95. The summed E-state index contributed by atoms with van der Waals surface area (Å²) in [4.78, 5) is 10.8. The number of carboxylic acid groups (broad SMARTS) is 1. The molecule has 1 atom stereocenters. The Labute approximate surface area is 65.4 Å². The second-order valence-corrected chi connectivity index (χ2v) is 2.83. The molecular formula is C8H11NO2. The molecule has 1 heterocycles. The second kappa shape index (κ2) is 2.42. The topological polar surface area (TPSA) is 49.3 Å². The molecule has 0 amide bonds. The highest BCUT2D eigenvalue weighted by atomic mass is 16.4. The van der Waals surface area contributed by atoms with Crippen molar-refractivity contribution >= 4 is 5.97 Å².